The molecular weight excluding hydrogens is 430 g/mol. The Morgan fingerprint density at radius 1 is 1.00 bits per heavy atom. The Hall–Kier alpha value is -2.77. The molecule has 2 amide bonds. The Bertz CT molecular complexity index is 912. The highest BCUT2D eigenvalue weighted by Gasteiger charge is 2.21. The molecule has 0 radical (unpaired) electrons. The fourth-order valence-electron chi connectivity index (χ4n) is 3.70. The van der Waals surface area contributed by atoms with Crippen LogP contribution >= 0.6 is 11.6 Å². The van der Waals surface area contributed by atoms with Gasteiger partial charge in [0.05, 0.1) is 14.2 Å². The van der Waals surface area contributed by atoms with Crippen molar-refractivity contribution in [1.29, 1.82) is 0 Å². The van der Waals surface area contributed by atoms with Crippen LogP contribution in [0.5, 0.6) is 11.5 Å². The van der Waals surface area contributed by atoms with E-state index < -0.39 is 0 Å². The van der Waals surface area contributed by atoms with Crippen molar-refractivity contribution in [1.82, 2.24) is 15.1 Å². The molecule has 0 saturated carbocycles. The first-order chi connectivity index (χ1) is 15.5. The van der Waals surface area contributed by atoms with Crippen LogP contribution in [0.4, 0.5) is 0 Å². The van der Waals surface area contributed by atoms with E-state index in [1.165, 1.54) is 0 Å². The molecule has 32 heavy (non-hydrogen) atoms. The van der Waals surface area contributed by atoms with Gasteiger partial charge in [-0.3, -0.25) is 14.5 Å². The summed E-state index contributed by atoms with van der Waals surface area (Å²) in [6.07, 6.45) is 1.03. The van der Waals surface area contributed by atoms with E-state index in [0.717, 1.165) is 36.7 Å². The van der Waals surface area contributed by atoms with Crippen LogP contribution in [0.1, 0.15) is 28.8 Å². The molecule has 3 rings (SSSR count). The van der Waals surface area contributed by atoms with Gasteiger partial charge >= 0.3 is 0 Å². The molecule has 172 valence electrons. The summed E-state index contributed by atoms with van der Waals surface area (Å²) in [5.74, 6) is 1.61. The second-order valence-electron chi connectivity index (χ2n) is 7.70. The van der Waals surface area contributed by atoms with Crippen molar-refractivity contribution in [3.63, 3.8) is 0 Å². The topological polar surface area (TPSA) is 71.1 Å². The van der Waals surface area contributed by atoms with Gasteiger partial charge in [-0.15, -0.1) is 0 Å². The Labute approximate surface area is 194 Å². The lowest BCUT2D eigenvalue weighted by atomic mass is 10.1. The lowest BCUT2D eigenvalue weighted by Crippen LogP contribution is -2.48. The quantitative estimate of drug-likeness (QED) is 0.583. The van der Waals surface area contributed by atoms with E-state index in [1.54, 1.807) is 38.5 Å². The minimum Gasteiger partial charge on any atom is -0.497 e. The van der Waals surface area contributed by atoms with E-state index in [-0.39, 0.29) is 11.8 Å². The number of hydrogen-bond acceptors (Lipinski definition) is 5. The maximum absolute atomic E-state index is 12.5. The lowest BCUT2D eigenvalue weighted by molar-refractivity contribution is -0.133. The average molecular weight is 460 g/mol. The third kappa shape index (κ3) is 6.61. The third-order valence-corrected chi connectivity index (χ3v) is 5.82. The summed E-state index contributed by atoms with van der Waals surface area (Å²) in [6, 6.07) is 12.5. The Balaban J connectivity index is 1.38. The van der Waals surface area contributed by atoms with Crippen LogP contribution in [0.2, 0.25) is 5.02 Å². The summed E-state index contributed by atoms with van der Waals surface area (Å²) in [4.78, 5) is 28.9. The number of nitrogens with zero attached hydrogens (tertiary/aromatic N) is 2. The van der Waals surface area contributed by atoms with Gasteiger partial charge in [0.1, 0.15) is 11.5 Å². The standard InChI is InChI=1S/C24H30ClN3O4/c1-31-21-9-10-22(32-2)19(16-21)17-27-12-14-28(15-13-27)23(29)4-3-11-26-24(30)18-5-7-20(25)8-6-18/h5-10,16H,3-4,11-15,17H2,1-2H3,(H,26,30). The van der Waals surface area contributed by atoms with Crippen molar-refractivity contribution in [2.45, 2.75) is 19.4 Å². The van der Waals surface area contributed by atoms with Crippen molar-refractivity contribution in [3.8, 4) is 11.5 Å². The number of piperazine rings is 1. The SMILES string of the molecule is COc1ccc(OC)c(CN2CCN(C(=O)CCCNC(=O)c3ccc(Cl)cc3)CC2)c1. The molecule has 1 N–H and O–H groups in total. The first-order valence-electron chi connectivity index (χ1n) is 10.7. The zero-order valence-corrected chi connectivity index (χ0v) is 19.4. The Kier molecular flexibility index (Phi) is 8.76. The van der Waals surface area contributed by atoms with Gasteiger partial charge in [-0.25, -0.2) is 0 Å². The van der Waals surface area contributed by atoms with Gasteiger partial charge in [0.25, 0.3) is 5.91 Å². The maximum atomic E-state index is 12.5. The fraction of sp³-hybridized carbons (Fsp3) is 0.417. The second-order valence-corrected chi connectivity index (χ2v) is 8.14. The number of nitrogens with one attached hydrogen (secondary N) is 1. The van der Waals surface area contributed by atoms with Gasteiger partial charge in [-0.1, -0.05) is 11.6 Å². The predicted octanol–water partition coefficient (Wildman–Crippen LogP) is 3.21. The molecule has 1 aliphatic rings. The monoisotopic (exact) mass is 459 g/mol. The fourth-order valence-corrected chi connectivity index (χ4v) is 3.83. The lowest BCUT2D eigenvalue weighted by Gasteiger charge is -2.35. The summed E-state index contributed by atoms with van der Waals surface area (Å²) in [7, 11) is 3.32. The maximum Gasteiger partial charge on any atom is 0.251 e. The molecule has 0 unspecified atom stereocenters. The number of carbonyl (C=O) groups excluding carboxylic acids is 2. The molecule has 1 heterocycles. The minimum absolute atomic E-state index is 0.129. The predicted molar refractivity (Wildman–Crippen MR) is 124 cm³/mol. The van der Waals surface area contributed by atoms with Gasteiger partial charge in [0, 0.05) is 61.8 Å². The number of amides is 2. The largest absolute Gasteiger partial charge is 0.497 e. The average Bonchev–Trinajstić information content (AvgIpc) is 2.82. The molecule has 8 heteroatoms. The molecule has 2 aromatic carbocycles. The summed E-state index contributed by atoms with van der Waals surface area (Å²) in [5.41, 5.74) is 1.63. The molecule has 2 aromatic rings. The van der Waals surface area contributed by atoms with Crippen molar-refractivity contribution < 1.29 is 19.1 Å². The molecule has 0 atom stereocenters. The second kappa shape index (κ2) is 11.7. The van der Waals surface area contributed by atoms with E-state index in [9.17, 15) is 9.59 Å². The zero-order valence-electron chi connectivity index (χ0n) is 18.6. The summed E-state index contributed by atoms with van der Waals surface area (Å²) < 4.78 is 10.8. The number of methoxy groups -OCH3 is 2. The molecule has 1 fully saturated rings. The summed E-state index contributed by atoms with van der Waals surface area (Å²) in [6.45, 7) is 4.21. The molecule has 1 aliphatic heterocycles. The Morgan fingerprint density at radius 3 is 2.38 bits per heavy atom. The van der Waals surface area contributed by atoms with Crippen LogP contribution in [0.25, 0.3) is 0 Å². The van der Waals surface area contributed by atoms with Gasteiger partial charge < -0.3 is 19.7 Å². The first-order valence-corrected chi connectivity index (χ1v) is 11.1. The number of benzene rings is 2. The molecule has 7 nitrogen and oxygen atoms in total. The van der Waals surface area contributed by atoms with E-state index in [2.05, 4.69) is 10.2 Å². The van der Waals surface area contributed by atoms with Crippen LogP contribution < -0.4 is 14.8 Å². The van der Waals surface area contributed by atoms with Gasteiger partial charge in [0.15, 0.2) is 0 Å². The van der Waals surface area contributed by atoms with Crippen LogP contribution in [0, 0.1) is 0 Å². The number of carbonyl (C=O) groups is 2. The smallest absolute Gasteiger partial charge is 0.251 e. The minimum atomic E-state index is -0.157. The van der Waals surface area contributed by atoms with Gasteiger partial charge in [-0.2, -0.15) is 0 Å². The number of hydrogen-bond donors (Lipinski definition) is 1. The van der Waals surface area contributed by atoms with E-state index in [0.29, 0.717) is 43.1 Å². The molecule has 0 spiro atoms. The van der Waals surface area contributed by atoms with Crippen LogP contribution in [-0.2, 0) is 11.3 Å². The highest BCUT2D eigenvalue weighted by atomic mass is 35.5. The molecule has 0 aromatic heterocycles. The van der Waals surface area contributed by atoms with Gasteiger partial charge in [0.2, 0.25) is 5.91 Å². The van der Waals surface area contributed by atoms with Crippen LogP contribution in [0.15, 0.2) is 42.5 Å². The number of rotatable bonds is 9. The van der Waals surface area contributed by atoms with Crippen molar-refractivity contribution >= 4 is 23.4 Å². The molecular formula is C24H30ClN3O4. The highest BCUT2D eigenvalue weighted by Crippen LogP contribution is 2.25. The number of halogens is 1. The van der Waals surface area contributed by atoms with Crippen molar-refractivity contribution in [2.24, 2.45) is 0 Å². The van der Waals surface area contributed by atoms with Crippen molar-refractivity contribution in [3.05, 3.63) is 58.6 Å². The normalized spacial score (nSPS) is 14.2. The summed E-state index contributed by atoms with van der Waals surface area (Å²) in [5, 5.41) is 3.44. The third-order valence-electron chi connectivity index (χ3n) is 5.57. The van der Waals surface area contributed by atoms with Crippen molar-refractivity contribution in [2.75, 3.05) is 46.9 Å². The van der Waals surface area contributed by atoms with E-state index in [4.69, 9.17) is 21.1 Å². The molecule has 0 aliphatic carbocycles. The number of ether oxygens (including phenoxy) is 2. The van der Waals surface area contributed by atoms with Gasteiger partial charge in [-0.05, 0) is 48.9 Å². The summed E-state index contributed by atoms with van der Waals surface area (Å²) >= 11 is 5.84. The molecule has 0 bridgehead atoms. The van der Waals surface area contributed by atoms with Crippen LogP contribution in [0.3, 0.4) is 0 Å². The highest BCUT2D eigenvalue weighted by molar-refractivity contribution is 6.30. The zero-order chi connectivity index (χ0) is 22.9. The Morgan fingerprint density at radius 2 is 1.72 bits per heavy atom. The van der Waals surface area contributed by atoms with E-state index in [1.807, 2.05) is 23.1 Å². The molecule has 1 saturated heterocycles. The van der Waals surface area contributed by atoms with Crippen LogP contribution in [-0.4, -0.2) is 68.6 Å². The van der Waals surface area contributed by atoms with E-state index >= 15 is 0 Å². The first kappa shape index (κ1) is 23.9.